The zero-order valence-electron chi connectivity index (χ0n) is 11.9. The average molecular weight is 267 g/mol. The van der Waals surface area contributed by atoms with Crippen LogP contribution in [-0.2, 0) is 0 Å². The fourth-order valence-electron chi connectivity index (χ4n) is 2.14. The van der Waals surface area contributed by atoms with Crippen LogP contribution in [0.15, 0.2) is 12.1 Å². The summed E-state index contributed by atoms with van der Waals surface area (Å²) in [4.78, 5) is 13.1. The van der Waals surface area contributed by atoms with E-state index >= 15 is 0 Å². The van der Waals surface area contributed by atoms with Crippen molar-refractivity contribution in [2.75, 3.05) is 17.7 Å². The maximum atomic E-state index is 14.0. The Morgan fingerprint density at radius 1 is 1.37 bits per heavy atom. The third-order valence-corrected chi connectivity index (χ3v) is 3.24. The number of halogens is 1. The molecule has 1 atom stereocenters. The van der Waals surface area contributed by atoms with Crippen molar-refractivity contribution < 1.29 is 9.18 Å². The summed E-state index contributed by atoms with van der Waals surface area (Å²) in [5.74, 6) is -0.589. The molecule has 19 heavy (non-hydrogen) atoms. The molecular weight excluding hydrogens is 245 g/mol. The van der Waals surface area contributed by atoms with Crippen molar-refractivity contribution in [3.8, 4) is 0 Å². The van der Waals surface area contributed by atoms with Gasteiger partial charge in [0.25, 0.3) is 5.91 Å². The standard InChI is InChI=1S/C14H22FN3O/c1-8(2)5-9(3)18(4)13-6-10(14(17)19)12(16)7-11(13)15/h6-9H,5,16H2,1-4H3,(H2,17,19). The number of hydrogen-bond donors (Lipinski definition) is 2. The molecule has 0 fully saturated rings. The quantitative estimate of drug-likeness (QED) is 0.804. The molecule has 0 aliphatic heterocycles. The first-order valence-corrected chi connectivity index (χ1v) is 6.35. The third kappa shape index (κ3) is 3.59. The summed E-state index contributed by atoms with van der Waals surface area (Å²) in [5, 5.41) is 0. The van der Waals surface area contributed by atoms with Gasteiger partial charge in [0.2, 0.25) is 0 Å². The number of primary amides is 1. The number of amides is 1. The highest BCUT2D eigenvalue weighted by Gasteiger charge is 2.18. The lowest BCUT2D eigenvalue weighted by Gasteiger charge is -2.29. The summed E-state index contributed by atoms with van der Waals surface area (Å²) in [5.41, 5.74) is 11.4. The van der Waals surface area contributed by atoms with Gasteiger partial charge in [-0.15, -0.1) is 0 Å². The average Bonchev–Trinajstić information content (AvgIpc) is 2.26. The largest absolute Gasteiger partial charge is 0.398 e. The van der Waals surface area contributed by atoms with Gasteiger partial charge in [-0.2, -0.15) is 0 Å². The molecule has 0 bridgehead atoms. The SMILES string of the molecule is CC(C)CC(C)N(C)c1cc(C(N)=O)c(N)cc1F. The van der Waals surface area contributed by atoms with Crippen molar-refractivity contribution >= 4 is 17.3 Å². The second-order valence-corrected chi connectivity index (χ2v) is 5.34. The molecule has 0 saturated heterocycles. The summed E-state index contributed by atoms with van der Waals surface area (Å²) in [7, 11) is 1.80. The number of nitrogens with zero attached hydrogens (tertiary/aromatic N) is 1. The fraction of sp³-hybridized carbons (Fsp3) is 0.500. The van der Waals surface area contributed by atoms with Gasteiger partial charge in [-0.3, -0.25) is 4.79 Å². The molecule has 5 heteroatoms. The number of benzene rings is 1. The number of nitrogen functional groups attached to an aromatic ring is 1. The van der Waals surface area contributed by atoms with Crippen LogP contribution >= 0.6 is 0 Å². The third-order valence-electron chi connectivity index (χ3n) is 3.24. The van der Waals surface area contributed by atoms with E-state index in [4.69, 9.17) is 11.5 Å². The molecule has 4 nitrogen and oxygen atoms in total. The van der Waals surface area contributed by atoms with Crippen molar-refractivity contribution in [2.24, 2.45) is 11.7 Å². The maximum absolute atomic E-state index is 14.0. The highest BCUT2D eigenvalue weighted by molar-refractivity contribution is 5.99. The normalized spacial score (nSPS) is 12.5. The van der Waals surface area contributed by atoms with Gasteiger partial charge >= 0.3 is 0 Å². The van der Waals surface area contributed by atoms with E-state index < -0.39 is 11.7 Å². The topological polar surface area (TPSA) is 72.3 Å². The Morgan fingerprint density at radius 3 is 2.42 bits per heavy atom. The molecule has 1 aromatic carbocycles. The molecule has 1 amide bonds. The number of rotatable bonds is 5. The lowest BCUT2D eigenvalue weighted by Crippen LogP contribution is -2.31. The predicted octanol–water partition coefficient (Wildman–Crippen LogP) is 2.38. The first kappa shape index (κ1) is 15.3. The molecule has 106 valence electrons. The van der Waals surface area contributed by atoms with E-state index in [0.29, 0.717) is 11.6 Å². The van der Waals surface area contributed by atoms with E-state index in [1.54, 1.807) is 11.9 Å². The summed E-state index contributed by atoms with van der Waals surface area (Å²) in [6.07, 6.45) is 0.923. The van der Waals surface area contributed by atoms with Crippen LogP contribution in [-0.4, -0.2) is 19.0 Å². The second-order valence-electron chi connectivity index (χ2n) is 5.34. The molecular formula is C14H22FN3O. The molecule has 0 spiro atoms. The van der Waals surface area contributed by atoms with E-state index in [1.165, 1.54) is 6.07 Å². The minimum absolute atomic E-state index is 0.0682. The van der Waals surface area contributed by atoms with Crippen LogP contribution in [0.1, 0.15) is 37.6 Å². The predicted molar refractivity (Wildman–Crippen MR) is 76.7 cm³/mol. The summed E-state index contributed by atoms with van der Waals surface area (Å²) >= 11 is 0. The van der Waals surface area contributed by atoms with Gasteiger partial charge < -0.3 is 16.4 Å². The van der Waals surface area contributed by atoms with Gasteiger partial charge in [-0.1, -0.05) is 13.8 Å². The molecule has 0 aliphatic rings. The van der Waals surface area contributed by atoms with Crippen LogP contribution in [0.5, 0.6) is 0 Å². The molecule has 0 aliphatic carbocycles. The molecule has 0 saturated carbocycles. The number of anilines is 2. The lowest BCUT2D eigenvalue weighted by atomic mass is 10.0. The lowest BCUT2D eigenvalue weighted by molar-refractivity contribution is 0.100. The minimum atomic E-state index is -0.649. The van der Waals surface area contributed by atoms with Crippen molar-refractivity contribution in [1.29, 1.82) is 0 Å². The van der Waals surface area contributed by atoms with Crippen LogP contribution in [0, 0.1) is 11.7 Å². The van der Waals surface area contributed by atoms with Crippen LogP contribution < -0.4 is 16.4 Å². The van der Waals surface area contributed by atoms with Crippen molar-refractivity contribution in [3.05, 3.63) is 23.5 Å². The number of carbonyl (C=O) groups excluding carboxylic acids is 1. The fourth-order valence-corrected chi connectivity index (χ4v) is 2.14. The monoisotopic (exact) mass is 267 g/mol. The number of hydrogen-bond acceptors (Lipinski definition) is 3. The van der Waals surface area contributed by atoms with Gasteiger partial charge in [-0.25, -0.2) is 4.39 Å². The Morgan fingerprint density at radius 2 is 1.95 bits per heavy atom. The van der Waals surface area contributed by atoms with E-state index in [1.807, 2.05) is 6.92 Å². The highest BCUT2D eigenvalue weighted by atomic mass is 19.1. The van der Waals surface area contributed by atoms with E-state index in [2.05, 4.69) is 13.8 Å². The molecule has 0 radical (unpaired) electrons. The van der Waals surface area contributed by atoms with Gasteiger partial charge in [0.15, 0.2) is 0 Å². The van der Waals surface area contributed by atoms with Crippen molar-refractivity contribution in [2.45, 2.75) is 33.2 Å². The first-order valence-electron chi connectivity index (χ1n) is 6.35. The smallest absolute Gasteiger partial charge is 0.250 e. The summed E-state index contributed by atoms with van der Waals surface area (Å²) in [6.45, 7) is 6.23. The number of carbonyl (C=O) groups is 1. The van der Waals surface area contributed by atoms with Crippen LogP contribution in [0.4, 0.5) is 15.8 Å². The summed E-state index contributed by atoms with van der Waals surface area (Å²) in [6, 6.07) is 2.72. The molecule has 1 aromatic rings. The Kier molecular flexibility index (Phi) is 4.75. The zero-order valence-corrected chi connectivity index (χ0v) is 11.9. The first-order chi connectivity index (χ1) is 8.73. The van der Waals surface area contributed by atoms with Gasteiger partial charge in [-0.05, 0) is 31.4 Å². The van der Waals surface area contributed by atoms with Crippen molar-refractivity contribution in [3.63, 3.8) is 0 Å². The van der Waals surface area contributed by atoms with Crippen LogP contribution in [0.3, 0.4) is 0 Å². The Bertz CT molecular complexity index is 474. The molecule has 1 rings (SSSR count). The molecule has 4 N–H and O–H groups in total. The Hall–Kier alpha value is -1.78. The molecule has 0 heterocycles. The molecule has 1 unspecified atom stereocenters. The van der Waals surface area contributed by atoms with Gasteiger partial charge in [0.05, 0.1) is 11.3 Å². The highest BCUT2D eigenvalue weighted by Crippen LogP contribution is 2.27. The van der Waals surface area contributed by atoms with E-state index in [9.17, 15) is 9.18 Å². The minimum Gasteiger partial charge on any atom is -0.398 e. The Labute approximate surface area is 113 Å². The van der Waals surface area contributed by atoms with Gasteiger partial charge in [0, 0.05) is 18.8 Å². The second kappa shape index (κ2) is 5.91. The maximum Gasteiger partial charge on any atom is 0.250 e. The van der Waals surface area contributed by atoms with E-state index in [0.717, 1.165) is 12.5 Å². The number of nitrogens with two attached hydrogens (primary N) is 2. The molecule has 0 aromatic heterocycles. The van der Waals surface area contributed by atoms with Crippen LogP contribution in [0.2, 0.25) is 0 Å². The van der Waals surface area contributed by atoms with E-state index in [-0.39, 0.29) is 17.3 Å². The van der Waals surface area contributed by atoms with Crippen LogP contribution in [0.25, 0.3) is 0 Å². The summed E-state index contributed by atoms with van der Waals surface area (Å²) < 4.78 is 14.0. The Balaban J connectivity index is 3.12. The van der Waals surface area contributed by atoms with Crippen molar-refractivity contribution in [1.82, 2.24) is 0 Å². The zero-order chi connectivity index (χ0) is 14.7. The van der Waals surface area contributed by atoms with Gasteiger partial charge in [0.1, 0.15) is 5.82 Å².